The van der Waals surface area contributed by atoms with Crippen LogP contribution in [0.15, 0.2) is 39.4 Å². The van der Waals surface area contributed by atoms with Gasteiger partial charge in [0.05, 0.1) is 6.20 Å². The van der Waals surface area contributed by atoms with Crippen LogP contribution in [0.4, 0.5) is 0 Å². The monoisotopic (exact) mass is 315 g/mol. The lowest BCUT2D eigenvalue weighted by molar-refractivity contribution is 0.178. The minimum Gasteiger partial charge on any atom is -0.358 e. The zero-order chi connectivity index (χ0) is 9.97. The molecule has 0 saturated heterocycles. The maximum absolute atomic E-state index is 5.39. The Bertz CT molecular complexity index is 408. The van der Waals surface area contributed by atoms with Crippen LogP contribution >= 0.6 is 31.9 Å². The third-order valence-electron chi connectivity index (χ3n) is 1.47. The maximum atomic E-state index is 5.39. The largest absolute Gasteiger partial charge is 0.358 e. The van der Waals surface area contributed by atoms with Crippen LogP contribution in [-0.4, -0.2) is 9.94 Å². The molecule has 1 aromatic heterocycles. The van der Waals surface area contributed by atoms with Crippen molar-refractivity contribution in [3.63, 3.8) is 0 Å². The lowest BCUT2D eigenvalue weighted by atomic mass is 10.3. The zero-order valence-corrected chi connectivity index (χ0v) is 10.1. The molecule has 0 N–H and O–H groups in total. The van der Waals surface area contributed by atoms with Crippen LogP contribution in [0.2, 0.25) is 0 Å². The minimum absolute atomic E-state index is 0.698. The Kier molecular flexibility index (Phi) is 2.88. The zero-order valence-electron chi connectivity index (χ0n) is 6.95. The number of hydrogen-bond donors (Lipinski definition) is 0. The molecule has 0 fully saturated rings. The van der Waals surface area contributed by atoms with Crippen LogP contribution in [0, 0.1) is 6.20 Å². The highest BCUT2D eigenvalue weighted by molar-refractivity contribution is 9.11. The van der Waals surface area contributed by atoms with Crippen molar-refractivity contribution in [3.05, 3.63) is 45.6 Å². The molecule has 71 valence electrons. The second kappa shape index (κ2) is 4.14. The summed E-state index contributed by atoms with van der Waals surface area (Å²) in [6, 6.07) is 7.31. The fourth-order valence-electron chi connectivity index (χ4n) is 0.961. The van der Waals surface area contributed by atoms with E-state index in [1.165, 1.54) is 4.85 Å². The summed E-state index contributed by atoms with van der Waals surface area (Å²) in [4.78, 5) is 6.74. The van der Waals surface area contributed by atoms with E-state index < -0.39 is 0 Å². The van der Waals surface area contributed by atoms with E-state index >= 15 is 0 Å². The molecule has 5 heteroatoms. The molecule has 14 heavy (non-hydrogen) atoms. The molecule has 0 aliphatic rings. The highest BCUT2D eigenvalue weighted by atomic mass is 79.9. The standard InChI is InChI=1S/C9H5Br2N2O/c10-7-4-8(11)6-9(5-7)14-13-3-1-2-12-13/h1,3-6H. The number of halogens is 2. The number of rotatable bonds is 2. The number of hydrogen-bond acceptors (Lipinski definition) is 2. The minimum atomic E-state index is 0.698. The fraction of sp³-hybridized carbons (Fsp3) is 0. The second-order valence-electron chi connectivity index (χ2n) is 2.54. The average molecular weight is 317 g/mol. The maximum Gasteiger partial charge on any atom is 0.160 e. The van der Waals surface area contributed by atoms with Crippen molar-refractivity contribution in [3.8, 4) is 5.75 Å². The van der Waals surface area contributed by atoms with E-state index in [2.05, 4.69) is 43.2 Å². The number of nitrogens with zero attached hydrogens (tertiary/aromatic N) is 2. The summed E-state index contributed by atoms with van der Waals surface area (Å²) in [6.45, 7) is 0. The quantitative estimate of drug-likeness (QED) is 0.851. The highest BCUT2D eigenvalue weighted by Gasteiger charge is 1.99. The van der Waals surface area contributed by atoms with Gasteiger partial charge in [0.2, 0.25) is 0 Å². The highest BCUT2D eigenvalue weighted by Crippen LogP contribution is 2.24. The van der Waals surface area contributed by atoms with Crippen molar-refractivity contribution >= 4 is 31.9 Å². The predicted octanol–water partition coefficient (Wildman–Crippen LogP) is 3.05. The predicted molar refractivity (Wildman–Crippen MR) is 58.9 cm³/mol. The molecular weight excluding hydrogens is 312 g/mol. The first kappa shape index (κ1) is 9.73. The van der Waals surface area contributed by atoms with Gasteiger partial charge in [-0.25, -0.2) is 0 Å². The molecule has 0 aliphatic carbocycles. The Hall–Kier alpha value is -0.810. The Labute approximate surface area is 97.9 Å². The summed E-state index contributed by atoms with van der Waals surface area (Å²) in [5.74, 6) is 0.698. The number of aromatic nitrogens is 2. The molecule has 0 aliphatic heterocycles. The van der Waals surface area contributed by atoms with Crippen molar-refractivity contribution < 1.29 is 4.84 Å². The van der Waals surface area contributed by atoms with Gasteiger partial charge in [0.1, 0.15) is 6.20 Å². The van der Waals surface area contributed by atoms with Crippen molar-refractivity contribution in [2.45, 2.75) is 0 Å². The Morgan fingerprint density at radius 1 is 1.21 bits per heavy atom. The van der Waals surface area contributed by atoms with Crippen molar-refractivity contribution in [1.82, 2.24) is 9.94 Å². The van der Waals surface area contributed by atoms with Gasteiger partial charge in [-0.1, -0.05) is 36.7 Å². The molecule has 1 heterocycles. The average Bonchev–Trinajstić information content (AvgIpc) is 2.54. The van der Waals surface area contributed by atoms with E-state index in [-0.39, 0.29) is 0 Å². The molecular formula is C9H5Br2N2O. The van der Waals surface area contributed by atoms with E-state index in [9.17, 15) is 0 Å². The van der Waals surface area contributed by atoms with Crippen molar-refractivity contribution in [2.75, 3.05) is 0 Å². The van der Waals surface area contributed by atoms with Gasteiger partial charge in [0, 0.05) is 8.95 Å². The van der Waals surface area contributed by atoms with Gasteiger partial charge in [-0.2, -0.15) is 0 Å². The molecule has 0 amide bonds. The Balaban J connectivity index is 2.25. The van der Waals surface area contributed by atoms with Crippen LogP contribution < -0.4 is 4.84 Å². The third kappa shape index (κ3) is 2.36. The summed E-state index contributed by atoms with van der Waals surface area (Å²) in [7, 11) is 0. The van der Waals surface area contributed by atoms with Crippen LogP contribution in [0.25, 0.3) is 0 Å². The van der Waals surface area contributed by atoms with Gasteiger partial charge in [-0.3, -0.25) is 0 Å². The normalized spacial score (nSPS) is 10.1. The SMILES string of the molecule is Brc1cc(Br)cc(On2cc[c]n2)c1. The first-order valence-corrected chi connectivity index (χ1v) is 5.39. The van der Waals surface area contributed by atoms with E-state index in [1.54, 1.807) is 12.3 Å². The van der Waals surface area contributed by atoms with E-state index in [4.69, 9.17) is 4.84 Å². The smallest absolute Gasteiger partial charge is 0.160 e. The molecule has 0 saturated carbocycles. The Morgan fingerprint density at radius 3 is 2.50 bits per heavy atom. The fourth-order valence-corrected chi connectivity index (χ4v) is 2.21. The van der Waals surface area contributed by atoms with Crippen LogP contribution in [-0.2, 0) is 0 Å². The van der Waals surface area contributed by atoms with Gasteiger partial charge in [-0.15, -0.1) is 5.10 Å². The molecule has 0 bridgehead atoms. The van der Waals surface area contributed by atoms with E-state index in [1.807, 2.05) is 18.2 Å². The van der Waals surface area contributed by atoms with Crippen molar-refractivity contribution in [2.24, 2.45) is 0 Å². The second-order valence-corrected chi connectivity index (χ2v) is 4.38. The van der Waals surface area contributed by atoms with Crippen molar-refractivity contribution in [1.29, 1.82) is 0 Å². The molecule has 0 unspecified atom stereocenters. The van der Waals surface area contributed by atoms with Crippen LogP contribution in [0.3, 0.4) is 0 Å². The number of benzene rings is 1. The lowest BCUT2D eigenvalue weighted by Crippen LogP contribution is -2.04. The molecule has 1 aromatic carbocycles. The summed E-state index contributed by atoms with van der Waals surface area (Å²) in [5.41, 5.74) is 0. The van der Waals surface area contributed by atoms with E-state index in [0.29, 0.717) is 5.75 Å². The third-order valence-corrected chi connectivity index (χ3v) is 2.38. The topological polar surface area (TPSA) is 27.1 Å². The molecule has 2 rings (SSSR count). The summed E-state index contributed by atoms with van der Waals surface area (Å²) >= 11 is 6.74. The lowest BCUT2D eigenvalue weighted by Gasteiger charge is -2.04. The van der Waals surface area contributed by atoms with Crippen LogP contribution in [0.5, 0.6) is 5.75 Å². The first-order valence-electron chi connectivity index (χ1n) is 3.80. The summed E-state index contributed by atoms with van der Waals surface area (Å²) in [5, 5.41) is 3.81. The van der Waals surface area contributed by atoms with Gasteiger partial charge in [-0.05, 0) is 24.3 Å². The van der Waals surface area contributed by atoms with Gasteiger partial charge < -0.3 is 4.84 Å². The van der Waals surface area contributed by atoms with E-state index in [0.717, 1.165) is 8.95 Å². The molecule has 1 radical (unpaired) electrons. The Morgan fingerprint density at radius 2 is 1.93 bits per heavy atom. The molecule has 3 nitrogen and oxygen atoms in total. The van der Waals surface area contributed by atoms with Gasteiger partial charge in [0.25, 0.3) is 0 Å². The van der Waals surface area contributed by atoms with Crippen LogP contribution in [0.1, 0.15) is 0 Å². The summed E-state index contributed by atoms with van der Waals surface area (Å²) < 4.78 is 1.89. The summed E-state index contributed by atoms with van der Waals surface area (Å²) in [6.07, 6.45) is 4.32. The van der Waals surface area contributed by atoms with Gasteiger partial charge >= 0.3 is 0 Å². The molecule has 0 atom stereocenters. The molecule has 2 aromatic rings. The first-order chi connectivity index (χ1) is 6.74. The van der Waals surface area contributed by atoms with Gasteiger partial charge in [0.15, 0.2) is 5.75 Å². The molecule has 0 spiro atoms.